The van der Waals surface area contributed by atoms with E-state index in [0.717, 1.165) is 27.6 Å². The molecule has 7 heteroatoms. The first kappa shape index (κ1) is 20.0. The summed E-state index contributed by atoms with van der Waals surface area (Å²) in [5, 5.41) is 5.44. The Hall–Kier alpha value is -2.70. The van der Waals surface area contributed by atoms with Gasteiger partial charge in [0.1, 0.15) is 15.9 Å². The van der Waals surface area contributed by atoms with Crippen molar-refractivity contribution in [3.8, 4) is 0 Å². The molecule has 3 rings (SSSR count). The summed E-state index contributed by atoms with van der Waals surface area (Å²) in [4.78, 5) is 15.1. The standard InChI is InChI=1S/C21H20ClN3O2S/c1-13-11-18(23-14(2)12-17(13)26-4)27-25-15(3)19-20(22)24-21(28-19)16-9-7-5-6-8-10-16/h5-7,9-12H,1,8H2,2-4H3. The normalized spacial score (nSPS) is 17.3. The van der Waals surface area contributed by atoms with Crippen molar-refractivity contribution in [1.29, 1.82) is 0 Å². The van der Waals surface area contributed by atoms with Crippen LogP contribution in [0.5, 0.6) is 0 Å². The molecule has 0 radical (unpaired) electrons. The van der Waals surface area contributed by atoms with E-state index in [0.29, 0.717) is 28.1 Å². The van der Waals surface area contributed by atoms with E-state index in [2.05, 4.69) is 33.9 Å². The van der Waals surface area contributed by atoms with Gasteiger partial charge in [0.2, 0.25) is 5.88 Å². The summed E-state index contributed by atoms with van der Waals surface area (Å²) >= 11 is 7.82. The predicted octanol–water partition coefficient (Wildman–Crippen LogP) is 5.84. The van der Waals surface area contributed by atoms with E-state index < -0.39 is 0 Å². The highest BCUT2D eigenvalue weighted by Crippen LogP contribution is 2.30. The van der Waals surface area contributed by atoms with Crippen LogP contribution in [0, 0.1) is 0 Å². The minimum Gasteiger partial charge on any atom is -0.496 e. The van der Waals surface area contributed by atoms with Gasteiger partial charge >= 0.3 is 0 Å². The Morgan fingerprint density at radius 3 is 2.93 bits per heavy atom. The lowest BCUT2D eigenvalue weighted by atomic mass is 10.2. The molecular formula is C21H20ClN3O2S. The van der Waals surface area contributed by atoms with Crippen LogP contribution >= 0.6 is 22.9 Å². The van der Waals surface area contributed by atoms with Crippen molar-refractivity contribution in [3.05, 3.63) is 81.4 Å². The van der Waals surface area contributed by atoms with Crippen LogP contribution in [0.4, 0.5) is 0 Å². The van der Waals surface area contributed by atoms with Gasteiger partial charge in [0, 0.05) is 29.0 Å². The van der Waals surface area contributed by atoms with E-state index in [1.807, 2.05) is 32.1 Å². The Morgan fingerprint density at radius 2 is 2.14 bits per heavy atom. The smallest absolute Gasteiger partial charge is 0.249 e. The first-order valence-corrected chi connectivity index (χ1v) is 9.81. The van der Waals surface area contributed by atoms with Crippen molar-refractivity contribution < 1.29 is 9.57 Å². The lowest BCUT2D eigenvalue weighted by Gasteiger charge is -2.03. The molecule has 1 aliphatic heterocycles. The largest absolute Gasteiger partial charge is 0.496 e. The van der Waals surface area contributed by atoms with E-state index in [-0.39, 0.29) is 0 Å². The molecule has 0 unspecified atom stereocenters. The van der Waals surface area contributed by atoms with Crippen LogP contribution in [0.25, 0.3) is 5.57 Å². The summed E-state index contributed by atoms with van der Waals surface area (Å²) in [7, 11) is 1.59. The first-order chi connectivity index (χ1) is 13.5. The zero-order valence-corrected chi connectivity index (χ0v) is 17.5. The molecular weight excluding hydrogens is 394 g/mol. The number of thiazole rings is 1. The third kappa shape index (κ3) is 4.77. The van der Waals surface area contributed by atoms with Crippen molar-refractivity contribution in [2.24, 2.45) is 10.1 Å². The molecule has 0 N–H and O–H groups in total. The van der Waals surface area contributed by atoms with E-state index in [1.165, 1.54) is 11.3 Å². The SMILES string of the molecule is C=C1C=C(ON=C(C)c2sc(C3=CCC=CC=C3)nc2Cl)N=C(C)C=C1OC. The molecule has 5 nitrogen and oxygen atoms in total. The summed E-state index contributed by atoms with van der Waals surface area (Å²) in [5.74, 6) is 0.960. The van der Waals surface area contributed by atoms with Gasteiger partial charge in [0.15, 0.2) is 0 Å². The van der Waals surface area contributed by atoms with Gasteiger partial charge in [-0.15, -0.1) is 11.3 Å². The predicted molar refractivity (Wildman–Crippen MR) is 117 cm³/mol. The van der Waals surface area contributed by atoms with E-state index >= 15 is 0 Å². The number of oxime groups is 1. The maximum atomic E-state index is 6.35. The minimum absolute atomic E-state index is 0.325. The molecule has 0 atom stereocenters. The van der Waals surface area contributed by atoms with E-state index in [4.69, 9.17) is 21.2 Å². The topological polar surface area (TPSA) is 56.1 Å². The first-order valence-electron chi connectivity index (χ1n) is 8.62. The quantitative estimate of drug-likeness (QED) is 0.450. The van der Waals surface area contributed by atoms with Gasteiger partial charge in [0.25, 0.3) is 0 Å². The van der Waals surface area contributed by atoms with Crippen molar-refractivity contribution in [2.75, 3.05) is 7.11 Å². The third-order valence-corrected chi connectivity index (χ3v) is 5.49. The second-order valence-corrected chi connectivity index (χ2v) is 7.42. The number of allylic oxidation sites excluding steroid dienone is 8. The monoisotopic (exact) mass is 413 g/mol. The highest BCUT2D eigenvalue weighted by Gasteiger charge is 2.15. The van der Waals surface area contributed by atoms with Crippen molar-refractivity contribution in [2.45, 2.75) is 20.3 Å². The van der Waals surface area contributed by atoms with Crippen LogP contribution in [0.1, 0.15) is 30.2 Å². The number of aromatic nitrogens is 1. The van der Waals surface area contributed by atoms with Gasteiger partial charge in [-0.1, -0.05) is 53.7 Å². The zero-order chi connectivity index (χ0) is 20.1. The summed E-state index contributed by atoms with van der Waals surface area (Å²) in [6, 6.07) is 0. The molecule has 0 fully saturated rings. The van der Waals surface area contributed by atoms with Gasteiger partial charge in [-0.3, -0.25) is 0 Å². The maximum Gasteiger partial charge on any atom is 0.249 e. The number of halogens is 1. The van der Waals surface area contributed by atoms with Crippen LogP contribution in [-0.2, 0) is 9.57 Å². The molecule has 1 aromatic rings. The van der Waals surface area contributed by atoms with E-state index in [9.17, 15) is 0 Å². The Morgan fingerprint density at radius 1 is 1.32 bits per heavy atom. The van der Waals surface area contributed by atoms with Gasteiger partial charge in [-0.05, 0) is 20.3 Å². The Kier molecular flexibility index (Phi) is 6.44. The molecule has 0 amide bonds. The average molecular weight is 414 g/mol. The highest BCUT2D eigenvalue weighted by atomic mass is 35.5. The minimum atomic E-state index is 0.325. The highest BCUT2D eigenvalue weighted by molar-refractivity contribution is 7.15. The number of aliphatic imine (C=N–C) groups is 1. The molecule has 0 saturated heterocycles. The summed E-state index contributed by atoms with van der Waals surface area (Å²) in [6.07, 6.45) is 14.6. The van der Waals surface area contributed by atoms with Gasteiger partial charge < -0.3 is 9.57 Å². The summed E-state index contributed by atoms with van der Waals surface area (Å²) < 4.78 is 5.29. The van der Waals surface area contributed by atoms with Crippen molar-refractivity contribution in [3.63, 3.8) is 0 Å². The molecule has 1 aliphatic carbocycles. The molecule has 144 valence electrons. The van der Waals surface area contributed by atoms with Crippen LogP contribution in [0.15, 0.2) is 76.5 Å². The van der Waals surface area contributed by atoms with E-state index in [1.54, 1.807) is 19.3 Å². The van der Waals surface area contributed by atoms with Crippen LogP contribution in [0.3, 0.4) is 0 Å². The van der Waals surface area contributed by atoms with Crippen molar-refractivity contribution >= 4 is 39.9 Å². The number of hydrogen-bond donors (Lipinski definition) is 0. The fourth-order valence-corrected chi connectivity index (χ4v) is 3.82. The average Bonchev–Trinajstić information content (AvgIpc) is 2.84. The fraction of sp³-hybridized carbons (Fsp3) is 0.190. The lowest BCUT2D eigenvalue weighted by Crippen LogP contribution is -1.95. The summed E-state index contributed by atoms with van der Waals surface area (Å²) in [5.41, 5.74) is 3.05. The molecule has 2 heterocycles. The number of nitrogens with zero attached hydrogens (tertiary/aromatic N) is 3. The number of hydrogen-bond acceptors (Lipinski definition) is 6. The van der Waals surface area contributed by atoms with Gasteiger partial charge in [-0.2, -0.15) is 0 Å². The number of methoxy groups -OCH3 is 1. The van der Waals surface area contributed by atoms with Crippen LogP contribution in [-0.4, -0.2) is 23.5 Å². The molecule has 0 bridgehead atoms. The van der Waals surface area contributed by atoms with Gasteiger partial charge in [0.05, 0.1) is 17.7 Å². The Bertz CT molecular complexity index is 1010. The lowest BCUT2D eigenvalue weighted by molar-refractivity contribution is 0.225. The van der Waals surface area contributed by atoms with Crippen molar-refractivity contribution in [1.82, 2.24) is 4.98 Å². The maximum absolute atomic E-state index is 6.35. The molecule has 0 spiro atoms. The fourth-order valence-electron chi connectivity index (χ4n) is 2.52. The second-order valence-electron chi connectivity index (χ2n) is 6.06. The summed E-state index contributed by atoms with van der Waals surface area (Å²) in [6.45, 7) is 7.63. The Balaban J connectivity index is 1.80. The molecule has 2 aliphatic rings. The van der Waals surface area contributed by atoms with Gasteiger partial charge in [-0.25, -0.2) is 9.98 Å². The Labute approximate surface area is 173 Å². The molecule has 1 aromatic heterocycles. The molecule has 0 aromatic carbocycles. The number of ether oxygens (including phenoxy) is 1. The zero-order valence-electron chi connectivity index (χ0n) is 15.9. The molecule has 0 saturated carbocycles. The third-order valence-electron chi connectivity index (χ3n) is 3.89. The molecule has 28 heavy (non-hydrogen) atoms. The second kappa shape index (κ2) is 8.99. The van der Waals surface area contributed by atoms with Crippen LogP contribution < -0.4 is 0 Å². The number of rotatable bonds is 5. The van der Waals surface area contributed by atoms with Crippen LogP contribution in [0.2, 0.25) is 5.15 Å².